The van der Waals surface area contributed by atoms with Crippen LogP contribution in [0.3, 0.4) is 0 Å². The molecule has 2 aromatic carbocycles. The summed E-state index contributed by atoms with van der Waals surface area (Å²) in [6.45, 7) is 3.10. The van der Waals surface area contributed by atoms with E-state index in [4.69, 9.17) is 0 Å². The Bertz CT molecular complexity index is 1040. The number of nitrogens with zero attached hydrogens (tertiary/aromatic N) is 3. The molecule has 2 unspecified atom stereocenters. The zero-order valence-corrected chi connectivity index (χ0v) is 19.5. The average Bonchev–Trinajstić information content (AvgIpc) is 3.47. The van der Waals surface area contributed by atoms with Crippen LogP contribution in [0.25, 0.3) is 0 Å². The molecule has 0 radical (unpaired) electrons. The molecule has 0 aromatic heterocycles. The fourth-order valence-electron chi connectivity index (χ4n) is 4.58. The molecule has 35 heavy (non-hydrogen) atoms. The minimum Gasteiger partial charge on any atom is -0.371 e. The Morgan fingerprint density at radius 1 is 1.09 bits per heavy atom. The number of carbonyl (C=O) groups excluding carboxylic acids is 2. The second-order valence-corrected chi connectivity index (χ2v) is 9.07. The molecule has 10 heteroatoms. The van der Waals surface area contributed by atoms with E-state index >= 15 is 0 Å². The highest BCUT2D eigenvalue weighted by molar-refractivity contribution is 5.88. The summed E-state index contributed by atoms with van der Waals surface area (Å²) < 4.78 is 38.8. The van der Waals surface area contributed by atoms with E-state index in [2.05, 4.69) is 5.32 Å². The number of carbonyl (C=O) groups is 2. The number of alkyl halides is 3. The lowest BCUT2D eigenvalue weighted by Gasteiger charge is -2.20. The zero-order chi connectivity index (χ0) is 25.2. The second-order valence-electron chi connectivity index (χ2n) is 9.07. The van der Waals surface area contributed by atoms with Crippen molar-refractivity contribution in [2.24, 2.45) is 11.8 Å². The lowest BCUT2D eigenvalue weighted by atomic mass is 10.1. The Kier molecular flexibility index (Phi) is 7.20. The van der Waals surface area contributed by atoms with Gasteiger partial charge in [-0.05, 0) is 55.3 Å². The molecule has 0 bridgehead atoms. The van der Waals surface area contributed by atoms with Crippen LogP contribution in [0.1, 0.15) is 25.3 Å². The van der Waals surface area contributed by atoms with Crippen LogP contribution in [-0.2, 0) is 16.1 Å². The number of amides is 2. The summed E-state index contributed by atoms with van der Waals surface area (Å²) >= 11 is 0. The largest absolute Gasteiger partial charge is 0.393 e. The number of hydrogen-bond donors (Lipinski definition) is 2. The van der Waals surface area contributed by atoms with E-state index in [-0.39, 0.29) is 31.8 Å². The SMILES string of the molecule is CCN1CC(C(=O)N(O)Cc2ccc(Nc3ccc(N4CCC(C(F)(F)F)C4)cc3)cc2)CC1=O. The van der Waals surface area contributed by atoms with Crippen molar-refractivity contribution < 1.29 is 28.0 Å². The Morgan fingerprint density at radius 2 is 1.71 bits per heavy atom. The van der Waals surface area contributed by atoms with Crippen LogP contribution in [-0.4, -0.2) is 59.3 Å². The second kappa shape index (κ2) is 10.2. The molecule has 2 aliphatic rings. The third-order valence-corrected chi connectivity index (χ3v) is 6.66. The molecular formula is C25H29F3N4O3. The Hall–Kier alpha value is -3.27. The molecule has 2 fully saturated rings. The summed E-state index contributed by atoms with van der Waals surface area (Å²) in [6, 6.07) is 14.4. The van der Waals surface area contributed by atoms with Gasteiger partial charge < -0.3 is 15.1 Å². The van der Waals surface area contributed by atoms with E-state index in [0.29, 0.717) is 24.7 Å². The fourth-order valence-corrected chi connectivity index (χ4v) is 4.58. The molecular weight excluding hydrogens is 461 g/mol. The molecule has 2 N–H and O–H groups in total. The normalized spacial score (nSPS) is 20.4. The highest BCUT2D eigenvalue weighted by Crippen LogP contribution is 2.35. The van der Waals surface area contributed by atoms with Gasteiger partial charge in [-0.3, -0.25) is 14.8 Å². The molecule has 188 valence electrons. The van der Waals surface area contributed by atoms with Gasteiger partial charge >= 0.3 is 6.18 Å². The van der Waals surface area contributed by atoms with Crippen molar-refractivity contribution in [2.45, 2.75) is 32.5 Å². The number of hydroxylamine groups is 2. The molecule has 0 aliphatic carbocycles. The molecule has 2 saturated heterocycles. The number of benzene rings is 2. The molecule has 0 spiro atoms. The summed E-state index contributed by atoms with van der Waals surface area (Å²) in [5.74, 6) is -2.35. The highest BCUT2D eigenvalue weighted by atomic mass is 19.4. The number of likely N-dealkylation sites (tertiary alicyclic amines) is 1. The standard InChI is InChI=1S/C25H29F3N4O3/c1-2-30-15-18(13-23(30)33)24(34)32(35)14-17-3-5-20(6-4-17)29-21-7-9-22(10-8-21)31-12-11-19(16-31)25(26,27)28/h3-10,18-19,29,35H,2,11-16H2,1H3. The minimum absolute atomic E-state index is 0.0133. The van der Waals surface area contributed by atoms with Crippen LogP contribution in [0, 0.1) is 11.8 Å². The van der Waals surface area contributed by atoms with E-state index in [1.54, 1.807) is 34.1 Å². The Labute approximate surface area is 202 Å². The van der Waals surface area contributed by atoms with Gasteiger partial charge in [0.05, 0.1) is 18.4 Å². The first kappa shape index (κ1) is 24.8. The van der Waals surface area contributed by atoms with Gasteiger partial charge in [-0.25, -0.2) is 5.06 Å². The third-order valence-electron chi connectivity index (χ3n) is 6.66. The van der Waals surface area contributed by atoms with E-state index < -0.39 is 23.9 Å². The van der Waals surface area contributed by atoms with E-state index in [1.807, 2.05) is 31.2 Å². The molecule has 2 aromatic rings. The summed E-state index contributed by atoms with van der Waals surface area (Å²) in [7, 11) is 0. The molecule has 4 rings (SSSR count). The van der Waals surface area contributed by atoms with E-state index in [0.717, 1.165) is 22.6 Å². The van der Waals surface area contributed by atoms with Crippen LogP contribution < -0.4 is 10.2 Å². The molecule has 0 saturated carbocycles. The van der Waals surface area contributed by atoms with Crippen molar-refractivity contribution in [3.63, 3.8) is 0 Å². The van der Waals surface area contributed by atoms with Crippen LogP contribution in [0.2, 0.25) is 0 Å². The lowest BCUT2D eigenvalue weighted by molar-refractivity contribution is -0.172. The van der Waals surface area contributed by atoms with Crippen molar-refractivity contribution in [3.05, 3.63) is 54.1 Å². The molecule has 2 heterocycles. The van der Waals surface area contributed by atoms with Crippen molar-refractivity contribution >= 4 is 28.9 Å². The van der Waals surface area contributed by atoms with Crippen molar-refractivity contribution in [1.82, 2.24) is 9.96 Å². The zero-order valence-electron chi connectivity index (χ0n) is 19.5. The fraction of sp³-hybridized carbons (Fsp3) is 0.440. The van der Waals surface area contributed by atoms with E-state index in [1.165, 1.54) is 0 Å². The topological polar surface area (TPSA) is 76.1 Å². The van der Waals surface area contributed by atoms with Crippen molar-refractivity contribution in [2.75, 3.05) is 36.4 Å². The lowest BCUT2D eigenvalue weighted by Crippen LogP contribution is -2.34. The van der Waals surface area contributed by atoms with Gasteiger partial charge in [0.2, 0.25) is 5.91 Å². The molecule has 7 nitrogen and oxygen atoms in total. The first-order valence-corrected chi connectivity index (χ1v) is 11.7. The van der Waals surface area contributed by atoms with Gasteiger partial charge in [-0.1, -0.05) is 12.1 Å². The maximum absolute atomic E-state index is 12.9. The maximum atomic E-state index is 12.9. The molecule has 2 atom stereocenters. The number of anilines is 3. The predicted molar refractivity (Wildman–Crippen MR) is 125 cm³/mol. The molecule has 2 aliphatic heterocycles. The molecule has 2 amide bonds. The van der Waals surface area contributed by atoms with Gasteiger partial charge in [-0.2, -0.15) is 13.2 Å². The van der Waals surface area contributed by atoms with E-state index in [9.17, 15) is 28.0 Å². The van der Waals surface area contributed by atoms with Crippen LogP contribution in [0.4, 0.5) is 30.2 Å². The predicted octanol–water partition coefficient (Wildman–Crippen LogP) is 4.41. The maximum Gasteiger partial charge on any atom is 0.393 e. The number of nitrogens with one attached hydrogen (secondary N) is 1. The van der Waals surface area contributed by atoms with Crippen LogP contribution in [0.5, 0.6) is 0 Å². The minimum atomic E-state index is -4.16. The first-order valence-electron chi connectivity index (χ1n) is 11.7. The van der Waals surface area contributed by atoms with Crippen molar-refractivity contribution in [1.29, 1.82) is 0 Å². The smallest absolute Gasteiger partial charge is 0.371 e. The van der Waals surface area contributed by atoms with Gasteiger partial charge in [0.25, 0.3) is 5.91 Å². The first-order chi connectivity index (χ1) is 16.6. The summed E-state index contributed by atoms with van der Waals surface area (Å²) in [6.07, 6.45) is -3.93. The number of hydrogen-bond acceptors (Lipinski definition) is 5. The Morgan fingerprint density at radius 3 is 2.26 bits per heavy atom. The summed E-state index contributed by atoms with van der Waals surface area (Å²) in [4.78, 5) is 27.7. The van der Waals surface area contributed by atoms with Gasteiger partial charge in [0.1, 0.15) is 0 Å². The highest BCUT2D eigenvalue weighted by Gasteiger charge is 2.43. The summed E-state index contributed by atoms with van der Waals surface area (Å²) in [5, 5.41) is 14.1. The Balaban J connectivity index is 1.29. The monoisotopic (exact) mass is 490 g/mol. The average molecular weight is 491 g/mol. The van der Waals surface area contributed by atoms with Crippen LogP contribution >= 0.6 is 0 Å². The van der Waals surface area contributed by atoms with Gasteiger partial charge in [0.15, 0.2) is 0 Å². The van der Waals surface area contributed by atoms with Gasteiger partial charge in [-0.15, -0.1) is 0 Å². The van der Waals surface area contributed by atoms with Crippen LogP contribution in [0.15, 0.2) is 48.5 Å². The third kappa shape index (κ3) is 5.87. The quantitative estimate of drug-likeness (QED) is 0.444. The number of halogens is 3. The summed E-state index contributed by atoms with van der Waals surface area (Å²) in [5.41, 5.74) is 3.07. The van der Waals surface area contributed by atoms with Crippen molar-refractivity contribution in [3.8, 4) is 0 Å². The van der Waals surface area contributed by atoms with Gasteiger partial charge in [0, 0.05) is 49.7 Å². The number of rotatable bonds is 7.